The lowest BCUT2D eigenvalue weighted by molar-refractivity contribution is 0.102. The second-order valence-electron chi connectivity index (χ2n) is 6.54. The van der Waals surface area contributed by atoms with Crippen molar-refractivity contribution in [2.45, 2.75) is 37.1 Å². The first kappa shape index (κ1) is 19.8. The van der Waals surface area contributed by atoms with Crippen molar-refractivity contribution in [3.8, 4) is 0 Å². The highest BCUT2D eigenvalue weighted by atomic mass is 35.5. The number of carbonyl (C=O) groups is 1. The summed E-state index contributed by atoms with van der Waals surface area (Å²) in [5.41, 5.74) is 0.0607. The van der Waals surface area contributed by atoms with Crippen molar-refractivity contribution in [2.24, 2.45) is 0 Å². The van der Waals surface area contributed by atoms with Gasteiger partial charge in [0.25, 0.3) is 5.91 Å². The zero-order valence-electron chi connectivity index (χ0n) is 14.8. The van der Waals surface area contributed by atoms with Crippen molar-refractivity contribution in [3.05, 3.63) is 58.9 Å². The van der Waals surface area contributed by atoms with Crippen LogP contribution < -0.4 is 5.32 Å². The third-order valence-corrected chi connectivity index (χ3v) is 6.95. The molecule has 0 aliphatic carbocycles. The summed E-state index contributed by atoms with van der Waals surface area (Å²) in [6.45, 7) is 2.35. The summed E-state index contributed by atoms with van der Waals surface area (Å²) in [4.78, 5) is 12.5. The van der Waals surface area contributed by atoms with Crippen molar-refractivity contribution in [2.75, 3.05) is 11.9 Å². The van der Waals surface area contributed by atoms with E-state index in [-0.39, 0.29) is 27.2 Å². The van der Waals surface area contributed by atoms with E-state index in [1.165, 1.54) is 46.8 Å². The smallest absolute Gasteiger partial charge is 0.255 e. The molecule has 2 aromatic carbocycles. The van der Waals surface area contributed by atoms with Gasteiger partial charge in [-0.25, -0.2) is 12.8 Å². The molecule has 1 aliphatic rings. The standard InChI is InChI=1S/C19H20ClFN2O3S/c1-13-6-2-3-11-23(13)27(25,26)15-8-4-7-14(12-15)19(24)22-17-10-5-9-16(20)18(17)21/h4-5,7-10,12-13H,2-3,6,11H2,1H3,(H,22,24). The van der Waals surface area contributed by atoms with Crippen LogP contribution in [0, 0.1) is 5.82 Å². The Morgan fingerprint density at radius 1 is 1.22 bits per heavy atom. The molecule has 27 heavy (non-hydrogen) atoms. The number of sulfonamides is 1. The van der Waals surface area contributed by atoms with Gasteiger partial charge >= 0.3 is 0 Å². The molecule has 1 unspecified atom stereocenters. The number of nitrogens with zero attached hydrogens (tertiary/aromatic N) is 1. The van der Waals surface area contributed by atoms with Gasteiger partial charge in [-0.1, -0.05) is 30.2 Å². The fraction of sp³-hybridized carbons (Fsp3) is 0.316. The molecule has 1 aliphatic heterocycles. The topological polar surface area (TPSA) is 66.5 Å². The molecule has 1 heterocycles. The van der Waals surface area contributed by atoms with Crippen molar-refractivity contribution >= 4 is 33.2 Å². The van der Waals surface area contributed by atoms with E-state index in [0.29, 0.717) is 6.54 Å². The Balaban J connectivity index is 1.86. The van der Waals surface area contributed by atoms with E-state index in [2.05, 4.69) is 5.32 Å². The Morgan fingerprint density at radius 3 is 2.70 bits per heavy atom. The molecule has 5 nitrogen and oxygen atoms in total. The number of piperidine rings is 1. The monoisotopic (exact) mass is 410 g/mol. The molecule has 1 amide bonds. The maximum atomic E-state index is 14.0. The molecule has 3 rings (SSSR count). The Bertz CT molecular complexity index is 965. The molecule has 1 N–H and O–H groups in total. The number of rotatable bonds is 4. The van der Waals surface area contributed by atoms with E-state index in [0.717, 1.165) is 19.3 Å². The van der Waals surface area contributed by atoms with Crippen LogP contribution in [0.4, 0.5) is 10.1 Å². The molecule has 0 saturated carbocycles. The van der Waals surface area contributed by atoms with Gasteiger partial charge in [0.2, 0.25) is 10.0 Å². The lowest BCUT2D eigenvalue weighted by atomic mass is 10.1. The van der Waals surface area contributed by atoms with Crippen LogP contribution >= 0.6 is 11.6 Å². The SMILES string of the molecule is CC1CCCCN1S(=O)(=O)c1cccc(C(=O)Nc2cccc(Cl)c2F)c1. The minimum Gasteiger partial charge on any atom is -0.319 e. The molecule has 0 bridgehead atoms. The van der Waals surface area contributed by atoms with Crippen LogP contribution in [-0.4, -0.2) is 31.2 Å². The number of amides is 1. The molecule has 2 aromatic rings. The van der Waals surface area contributed by atoms with E-state index in [9.17, 15) is 17.6 Å². The van der Waals surface area contributed by atoms with Crippen LogP contribution in [0.25, 0.3) is 0 Å². The molecule has 0 spiro atoms. The largest absolute Gasteiger partial charge is 0.319 e. The molecular formula is C19H20ClFN2O3S. The van der Waals surface area contributed by atoms with Gasteiger partial charge in [-0.3, -0.25) is 4.79 Å². The van der Waals surface area contributed by atoms with Gasteiger partial charge in [0.1, 0.15) is 0 Å². The predicted octanol–water partition coefficient (Wildman–Crippen LogP) is 4.29. The Kier molecular flexibility index (Phi) is 5.83. The fourth-order valence-electron chi connectivity index (χ4n) is 3.16. The van der Waals surface area contributed by atoms with Crippen molar-refractivity contribution < 1.29 is 17.6 Å². The van der Waals surface area contributed by atoms with E-state index >= 15 is 0 Å². The average molecular weight is 411 g/mol. The molecule has 0 aromatic heterocycles. The molecule has 144 valence electrons. The first-order chi connectivity index (χ1) is 12.8. The molecule has 8 heteroatoms. The van der Waals surface area contributed by atoms with Crippen LogP contribution in [0.3, 0.4) is 0 Å². The van der Waals surface area contributed by atoms with Crippen molar-refractivity contribution in [1.29, 1.82) is 0 Å². The van der Waals surface area contributed by atoms with Crippen LogP contribution in [-0.2, 0) is 10.0 Å². The minimum absolute atomic E-state index is 0.0514. The van der Waals surface area contributed by atoms with Crippen molar-refractivity contribution in [1.82, 2.24) is 4.31 Å². The summed E-state index contributed by atoms with van der Waals surface area (Å²) >= 11 is 5.72. The summed E-state index contributed by atoms with van der Waals surface area (Å²) in [6, 6.07) is 9.96. The second kappa shape index (κ2) is 7.96. The lowest BCUT2D eigenvalue weighted by Crippen LogP contribution is -2.41. The van der Waals surface area contributed by atoms with Gasteiger partial charge in [-0.05, 0) is 50.1 Å². The number of anilines is 1. The maximum Gasteiger partial charge on any atom is 0.255 e. The molecule has 1 fully saturated rings. The average Bonchev–Trinajstić information content (AvgIpc) is 2.65. The van der Waals surface area contributed by atoms with E-state index in [1.54, 1.807) is 0 Å². The van der Waals surface area contributed by atoms with E-state index in [1.807, 2.05) is 6.92 Å². The second-order valence-corrected chi connectivity index (χ2v) is 8.84. The zero-order valence-corrected chi connectivity index (χ0v) is 16.4. The van der Waals surface area contributed by atoms with Gasteiger partial charge in [-0.15, -0.1) is 0 Å². The van der Waals surface area contributed by atoms with Crippen LogP contribution in [0.5, 0.6) is 0 Å². The third kappa shape index (κ3) is 4.15. The fourth-order valence-corrected chi connectivity index (χ4v) is 5.08. The maximum absolute atomic E-state index is 14.0. The van der Waals surface area contributed by atoms with Gasteiger partial charge in [-0.2, -0.15) is 4.31 Å². The third-order valence-electron chi connectivity index (χ3n) is 4.64. The number of carbonyl (C=O) groups excluding carboxylic acids is 1. The Morgan fingerprint density at radius 2 is 1.96 bits per heavy atom. The summed E-state index contributed by atoms with van der Waals surface area (Å²) in [5, 5.41) is 2.32. The quantitative estimate of drug-likeness (QED) is 0.817. The van der Waals surface area contributed by atoms with Crippen molar-refractivity contribution in [3.63, 3.8) is 0 Å². The summed E-state index contributed by atoms with van der Waals surface area (Å²) in [5.74, 6) is -1.35. The van der Waals surface area contributed by atoms with Crippen LogP contribution in [0.15, 0.2) is 47.4 Å². The highest BCUT2D eigenvalue weighted by Crippen LogP contribution is 2.26. The van der Waals surface area contributed by atoms with Gasteiger partial charge < -0.3 is 5.32 Å². The Hall–Kier alpha value is -1.96. The number of hydrogen-bond donors (Lipinski definition) is 1. The zero-order chi connectivity index (χ0) is 19.6. The van der Waals surface area contributed by atoms with Crippen LogP contribution in [0.1, 0.15) is 36.5 Å². The molecular weight excluding hydrogens is 391 g/mol. The summed E-state index contributed by atoms with van der Waals surface area (Å²) in [6.07, 6.45) is 2.63. The normalized spacial score (nSPS) is 18.3. The number of halogens is 2. The Labute approximate surface area is 163 Å². The first-order valence-corrected chi connectivity index (χ1v) is 10.5. The first-order valence-electron chi connectivity index (χ1n) is 8.68. The van der Waals surface area contributed by atoms with E-state index < -0.39 is 21.7 Å². The number of nitrogens with one attached hydrogen (secondary N) is 1. The highest BCUT2D eigenvalue weighted by Gasteiger charge is 2.31. The predicted molar refractivity (Wildman–Crippen MR) is 103 cm³/mol. The minimum atomic E-state index is -3.70. The number of benzene rings is 2. The summed E-state index contributed by atoms with van der Waals surface area (Å²) < 4.78 is 41.4. The van der Waals surface area contributed by atoms with Gasteiger partial charge in [0.15, 0.2) is 5.82 Å². The highest BCUT2D eigenvalue weighted by molar-refractivity contribution is 7.89. The molecule has 1 saturated heterocycles. The van der Waals surface area contributed by atoms with E-state index in [4.69, 9.17) is 11.6 Å². The lowest BCUT2D eigenvalue weighted by Gasteiger charge is -2.32. The van der Waals surface area contributed by atoms with Gasteiger partial charge in [0, 0.05) is 18.2 Å². The van der Waals surface area contributed by atoms with Gasteiger partial charge in [0.05, 0.1) is 15.6 Å². The number of hydrogen-bond acceptors (Lipinski definition) is 3. The van der Waals surface area contributed by atoms with Crippen LogP contribution in [0.2, 0.25) is 5.02 Å². The summed E-state index contributed by atoms with van der Waals surface area (Å²) in [7, 11) is -3.70. The molecule has 0 radical (unpaired) electrons. The molecule has 1 atom stereocenters.